The highest BCUT2D eigenvalue weighted by Gasteiger charge is 2.19. The van der Waals surface area contributed by atoms with Gasteiger partial charge in [-0.1, -0.05) is 23.7 Å². The van der Waals surface area contributed by atoms with Crippen LogP contribution in [0.4, 0.5) is 5.82 Å². The van der Waals surface area contributed by atoms with Crippen LogP contribution in [-0.4, -0.2) is 22.5 Å². The zero-order chi connectivity index (χ0) is 14.7. The van der Waals surface area contributed by atoms with Gasteiger partial charge >= 0.3 is 5.97 Å². The minimum Gasteiger partial charge on any atom is -0.462 e. The van der Waals surface area contributed by atoms with Crippen molar-refractivity contribution in [3.63, 3.8) is 0 Å². The first kappa shape index (κ1) is 14.3. The van der Waals surface area contributed by atoms with Crippen LogP contribution in [0.1, 0.15) is 23.0 Å². The van der Waals surface area contributed by atoms with Gasteiger partial charge in [0.2, 0.25) is 0 Å². The number of aryl methyl sites for hydroxylation is 1. The van der Waals surface area contributed by atoms with E-state index in [1.54, 1.807) is 26.0 Å². The topological polar surface area (TPSA) is 78.1 Å². The smallest absolute Gasteiger partial charge is 0.343 e. The molecule has 1 aromatic heterocycles. The molecule has 2 rings (SSSR count). The molecule has 0 saturated carbocycles. The van der Waals surface area contributed by atoms with Crippen molar-refractivity contribution in [3.8, 4) is 11.4 Å². The number of nitrogen functional groups attached to an aromatic ring is 1. The summed E-state index contributed by atoms with van der Waals surface area (Å²) < 4.78 is 4.93. The Labute approximate surface area is 121 Å². The fourth-order valence-corrected chi connectivity index (χ4v) is 2.03. The van der Waals surface area contributed by atoms with Crippen LogP contribution in [-0.2, 0) is 4.74 Å². The van der Waals surface area contributed by atoms with E-state index >= 15 is 0 Å². The Morgan fingerprint density at radius 1 is 1.35 bits per heavy atom. The summed E-state index contributed by atoms with van der Waals surface area (Å²) in [5.74, 6) is -0.0438. The van der Waals surface area contributed by atoms with Crippen molar-refractivity contribution in [1.29, 1.82) is 0 Å². The van der Waals surface area contributed by atoms with Crippen molar-refractivity contribution < 1.29 is 9.53 Å². The molecule has 0 atom stereocenters. The molecule has 104 valence electrons. The lowest BCUT2D eigenvalue weighted by Crippen LogP contribution is -2.13. The standard InChI is InChI=1S/C14H14ClN3O2/c1-3-20-14(19)11-8(2)17-13(18-12(11)16)9-6-4-5-7-10(9)15/h4-7H,3H2,1-2H3,(H2,16,17,18). The first-order valence-electron chi connectivity index (χ1n) is 6.10. The van der Waals surface area contributed by atoms with E-state index in [2.05, 4.69) is 9.97 Å². The molecule has 0 aliphatic heterocycles. The Morgan fingerprint density at radius 3 is 2.65 bits per heavy atom. The molecule has 1 aromatic carbocycles. The van der Waals surface area contributed by atoms with Crippen LogP contribution in [0.25, 0.3) is 11.4 Å². The van der Waals surface area contributed by atoms with Crippen LogP contribution < -0.4 is 5.73 Å². The summed E-state index contributed by atoms with van der Waals surface area (Å²) in [7, 11) is 0. The number of hydrogen-bond donors (Lipinski definition) is 1. The zero-order valence-electron chi connectivity index (χ0n) is 11.2. The fourth-order valence-electron chi connectivity index (χ4n) is 1.81. The lowest BCUT2D eigenvalue weighted by molar-refractivity contribution is 0.0526. The van der Waals surface area contributed by atoms with E-state index in [1.807, 2.05) is 12.1 Å². The number of ether oxygens (including phenoxy) is 1. The molecule has 0 aliphatic rings. The van der Waals surface area contributed by atoms with Gasteiger partial charge in [0.15, 0.2) is 5.82 Å². The molecule has 2 N–H and O–H groups in total. The number of hydrogen-bond acceptors (Lipinski definition) is 5. The Morgan fingerprint density at radius 2 is 2.05 bits per heavy atom. The number of carbonyl (C=O) groups excluding carboxylic acids is 1. The maximum Gasteiger partial charge on any atom is 0.343 e. The summed E-state index contributed by atoms with van der Waals surface area (Å²) >= 11 is 6.10. The number of anilines is 1. The Bertz CT molecular complexity index is 636. The van der Waals surface area contributed by atoms with E-state index in [1.165, 1.54) is 0 Å². The summed E-state index contributed by atoms with van der Waals surface area (Å²) in [4.78, 5) is 20.2. The summed E-state index contributed by atoms with van der Waals surface area (Å²) in [6.07, 6.45) is 0. The first-order chi connectivity index (χ1) is 9.54. The predicted molar refractivity (Wildman–Crippen MR) is 77.6 cm³/mol. The van der Waals surface area contributed by atoms with Crippen molar-refractivity contribution >= 4 is 23.4 Å². The summed E-state index contributed by atoms with van der Waals surface area (Å²) in [5, 5.41) is 0.523. The number of rotatable bonds is 3. The van der Waals surface area contributed by atoms with Crippen molar-refractivity contribution in [1.82, 2.24) is 9.97 Å². The summed E-state index contributed by atoms with van der Waals surface area (Å²) in [6.45, 7) is 3.68. The lowest BCUT2D eigenvalue weighted by Gasteiger charge is -2.10. The number of benzene rings is 1. The third kappa shape index (κ3) is 2.72. The molecule has 0 fully saturated rings. The monoisotopic (exact) mass is 291 g/mol. The number of esters is 1. The minimum absolute atomic E-state index is 0.0888. The molecular formula is C14H14ClN3O2. The van der Waals surface area contributed by atoms with Gasteiger partial charge in [0.25, 0.3) is 0 Å². The van der Waals surface area contributed by atoms with E-state index in [0.717, 1.165) is 0 Å². The number of nitrogens with zero attached hydrogens (tertiary/aromatic N) is 2. The van der Waals surface area contributed by atoms with Crippen molar-refractivity contribution in [2.24, 2.45) is 0 Å². The van der Waals surface area contributed by atoms with Crippen molar-refractivity contribution in [2.45, 2.75) is 13.8 Å². The van der Waals surface area contributed by atoms with Gasteiger partial charge in [-0.05, 0) is 26.0 Å². The normalized spacial score (nSPS) is 10.3. The summed E-state index contributed by atoms with van der Waals surface area (Å²) in [5.41, 5.74) is 7.17. The molecule has 2 aromatic rings. The fraction of sp³-hybridized carbons (Fsp3) is 0.214. The van der Waals surface area contributed by atoms with Crippen LogP contribution in [0.2, 0.25) is 5.02 Å². The van der Waals surface area contributed by atoms with Gasteiger partial charge in [0, 0.05) is 5.56 Å². The van der Waals surface area contributed by atoms with Gasteiger partial charge < -0.3 is 10.5 Å². The first-order valence-corrected chi connectivity index (χ1v) is 6.48. The number of aromatic nitrogens is 2. The predicted octanol–water partition coefficient (Wildman–Crippen LogP) is 2.86. The molecule has 0 amide bonds. The van der Waals surface area contributed by atoms with Gasteiger partial charge in [-0.25, -0.2) is 14.8 Å². The highest BCUT2D eigenvalue weighted by molar-refractivity contribution is 6.33. The van der Waals surface area contributed by atoms with Gasteiger partial charge in [-0.15, -0.1) is 0 Å². The van der Waals surface area contributed by atoms with Crippen LogP contribution in [0, 0.1) is 6.92 Å². The van der Waals surface area contributed by atoms with E-state index in [0.29, 0.717) is 22.1 Å². The van der Waals surface area contributed by atoms with Crippen LogP contribution in [0.3, 0.4) is 0 Å². The maximum atomic E-state index is 11.8. The van der Waals surface area contributed by atoms with E-state index in [4.69, 9.17) is 22.1 Å². The minimum atomic E-state index is -0.520. The molecule has 0 spiro atoms. The molecule has 0 saturated heterocycles. The molecule has 1 heterocycles. The summed E-state index contributed by atoms with van der Waals surface area (Å²) in [6, 6.07) is 7.18. The van der Waals surface area contributed by atoms with Crippen LogP contribution in [0.15, 0.2) is 24.3 Å². The maximum absolute atomic E-state index is 11.8. The average Bonchev–Trinajstić information content (AvgIpc) is 2.38. The second kappa shape index (κ2) is 5.88. The van der Waals surface area contributed by atoms with Crippen LogP contribution >= 0.6 is 11.6 Å². The number of halogens is 1. The van der Waals surface area contributed by atoms with E-state index < -0.39 is 5.97 Å². The van der Waals surface area contributed by atoms with Gasteiger partial charge in [-0.2, -0.15) is 0 Å². The van der Waals surface area contributed by atoms with E-state index in [-0.39, 0.29) is 18.0 Å². The molecule has 6 heteroatoms. The second-order valence-electron chi connectivity index (χ2n) is 4.09. The lowest BCUT2D eigenvalue weighted by atomic mass is 10.1. The molecule has 0 bridgehead atoms. The Hall–Kier alpha value is -2.14. The highest BCUT2D eigenvalue weighted by atomic mass is 35.5. The second-order valence-corrected chi connectivity index (χ2v) is 4.50. The van der Waals surface area contributed by atoms with Crippen LogP contribution in [0.5, 0.6) is 0 Å². The highest BCUT2D eigenvalue weighted by Crippen LogP contribution is 2.27. The van der Waals surface area contributed by atoms with Gasteiger partial charge in [-0.3, -0.25) is 0 Å². The zero-order valence-corrected chi connectivity index (χ0v) is 11.9. The molecular weight excluding hydrogens is 278 g/mol. The molecule has 0 unspecified atom stereocenters. The Balaban J connectivity index is 2.51. The quantitative estimate of drug-likeness (QED) is 0.880. The number of nitrogens with two attached hydrogens (primary N) is 1. The SMILES string of the molecule is CCOC(=O)c1c(C)nc(-c2ccccc2Cl)nc1N. The van der Waals surface area contributed by atoms with Gasteiger partial charge in [0.05, 0.1) is 17.3 Å². The third-order valence-electron chi connectivity index (χ3n) is 2.71. The molecule has 5 nitrogen and oxygen atoms in total. The average molecular weight is 292 g/mol. The largest absolute Gasteiger partial charge is 0.462 e. The molecule has 0 radical (unpaired) electrons. The van der Waals surface area contributed by atoms with Crippen molar-refractivity contribution in [2.75, 3.05) is 12.3 Å². The van der Waals surface area contributed by atoms with E-state index in [9.17, 15) is 4.79 Å². The molecule has 20 heavy (non-hydrogen) atoms. The molecule has 0 aliphatic carbocycles. The number of carbonyl (C=O) groups is 1. The van der Waals surface area contributed by atoms with Crippen molar-refractivity contribution in [3.05, 3.63) is 40.5 Å². The third-order valence-corrected chi connectivity index (χ3v) is 3.04. The Kier molecular flexibility index (Phi) is 4.20. The van der Waals surface area contributed by atoms with Gasteiger partial charge in [0.1, 0.15) is 11.4 Å².